The predicted octanol–water partition coefficient (Wildman–Crippen LogP) is 2.32. The van der Waals surface area contributed by atoms with Crippen LogP contribution in [0.5, 0.6) is 0 Å². The Hall–Kier alpha value is -1.35. The first-order valence-corrected chi connectivity index (χ1v) is 8.00. The van der Waals surface area contributed by atoms with E-state index < -0.39 is 12.8 Å². The highest BCUT2D eigenvalue weighted by atomic mass is 16.2. The van der Waals surface area contributed by atoms with Crippen LogP contribution in [-0.4, -0.2) is 36.5 Å². The molecule has 3 heterocycles. The maximum absolute atomic E-state index is 12.9. The molecule has 2 unspecified atom stereocenters. The van der Waals surface area contributed by atoms with Crippen LogP contribution in [0, 0.1) is 5.92 Å². The molecular weight excluding hydrogens is 260 g/mol. The van der Waals surface area contributed by atoms with E-state index in [1.807, 2.05) is 6.07 Å². The Labute approximate surface area is 130 Å². The number of aryl methyl sites for hydroxylation is 1. The normalized spacial score (nSPS) is 43.3. The summed E-state index contributed by atoms with van der Waals surface area (Å²) in [5, 5.41) is 3.24. The molecule has 3 fully saturated rings. The van der Waals surface area contributed by atoms with Crippen molar-refractivity contribution in [3.05, 3.63) is 35.4 Å². The first kappa shape index (κ1) is 10.4. The van der Waals surface area contributed by atoms with Crippen molar-refractivity contribution in [1.82, 2.24) is 10.2 Å². The molecule has 0 spiro atoms. The number of amides is 1. The minimum Gasteiger partial charge on any atom is -0.351 e. The number of benzene rings is 1. The molecule has 0 aromatic heterocycles. The van der Waals surface area contributed by atoms with Crippen molar-refractivity contribution in [1.29, 1.82) is 0 Å². The van der Waals surface area contributed by atoms with Gasteiger partial charge in [-0.05, 0) is 62.2 Å². The number of hydrogen-bond acceptors (Lipinski definition) is 2. The lowest BCUT2D eigenvalue weighted by molar-refractivity contribution is -0.125. The first-order chi connectivity index (χ1) is 11.5. The van der Waals surface area contributed by atoms with Crippen molar-refractivity contribution in [3.63, 3.8) is 0 Å². The van der Waals surface area contributed by atoms with Gasteiger partial charge in [-0.1, -0.05) is 24.2 Å². The van der Waals surface area contributed by atoms with Gasteiger partial charge < -0.3 is 10.2 Å². The summed E-state index contributed by atoms with van der Waals surface area (Å²) < 4.78 is 24.1. The van der Waals surface area contributed by atoms with Crippen LogP contribution in [0.1, 0.15) is 46.8 Å². The van der Waals surface area contributed by atoms with Crippen molar-refractivity contribution < 1.29 is 8.91 Å². The second-order valence-corrected chi connectivity index (χ2v) is 6.50. The van der Waals surface area contributed by atoms with Gasteiger partial charge in [0, 0.05) is 15.3 Å². The fourth-order valence-electron chi connectivity index (χ4n) is 4.04. The second kappa shape index (κ2) is 5.45. The number of carbonyl (C=O) groups excluding carboxylic acids is 1. The van der Waals surface area contributed by atoms with Crippen LogP contribution in [0.2, 0.25) is 0 Å². The molecule has 21 heavy (non-hydrogen) atoms. The topological polar surface area (TPSA) is 32.3 Å². The van der Waals surface area contributed by atoms with Gasteiger partial charge in [0.05, 0.1) is 7.29 Å². The first-order valence-electron chi connectivity index (χ1n) is 9.66. The zero-order valence-corrected chi connectivity index (χ0v) is 12.2. The molecule has 2 bridgehead atoms. The van der Waals surface area contributed by atoms with Gasteiger partial charge in [-0.2, -0.15) is 0 Å². The fourth-order valence-corrected chi connectivity index (χ4v) is 4.04. The van der Waals surface area contributed by atoms with Crippen LogP contribution in [0.3, 0.4) is 0 Å². The minimum absolute atomic E-state index is 0.00289. The van der Waals surface area contributed by atoms with E-state index in [9.17, 15) is 4.79 Å². The lowest BCUT2D eigenvalue weighted by atomic mass is 9.80. The van der Waals surface area contributed by atoms with Gasteiger partial charge in [-0.15, -0.1) is 0 Å². The lowest BCUT2D eigenvalue weighted by Gasteiger charge is -2.45. The third kappa shape index (κ3) is 2.48. The van der Waals surface area contributed by atoms with Gasteiger partial charge in [-0.25, -0.2) is 0 Å². The third-order valence-electron chi connectivity index (χ3n) is 5.28. The average molecular weight is 290 g/mol. The number of carbonyl (C=O) groups is 1. The Morgan fingerprint density at radius 2 is 2.19 bits per heavy atom. The van der Waals surface area contributed by atoms with E-state index in [1.165, 1.54) is 0 Å². The largest absolute Gasteiger partial charge is 0.351 e. The molecule has 5 rings (SSSR count). The summed E-state index contributed by atoms with van der Waals surface area (Å²) in [7, 11) is 0. The molecule has 3 heteroatoms. The van der Waals surface area contributed by atoms with Crippen molar-refractivity contribution in [3.8, 4) is 0 Å². The summed E-state index contributed by atoms with van der Waals surface area (Å²) in [4.78, 5) is 15.3. The molecule has 3 saturated heterocycles. The van der Waals surface area contributed by atoms with Crippen molar-refractivity contribution in [2.24, 2.45) is 5.92 Å². The van der Waals surface area contributed by atoms with Crippen molar-refractivity contribution >= 4 is 5.91 Å². The van der Waals surface area contributed by atoms with Crippen LogP contribution >= 0.6 is 0 Å². The Balaban J connectivity index is 1.55. The number of rotatable bonds is 2. The van der Waals surface area contributed by atoms with Crippen LogP contribution in [0.4, 0.5) is 0 Å². The highest BCUT2D eigenvalue weighted by molar-refractivity contribution is 5.84. The minimum atomic E-state index is -0.661. The number of piperidine rings is 3. The summed E-state index contributed by atoms with van der Waals surface area (Å²) in [5.41, 5.74) is 1.52. The Bertz CT molecular complexity index is 645. The number of nitrogens with zero attached hydrogens (tertiary/aromatic N) is 1. The zero-order valence-electron chi connectivity index (χ0n) is 15.2. The van der Waals surface area contributed by atoms with E-state index in [2.05, 4.69) is 10.2 Å². The van der Waals surface area contributed by atoms with E-state index >= 15 is 0 Å². The summed E-state index contributed by atoms with van der Waals surface area (Å²) in [6.07, 6.45) is 1.44. The summed E-state index contributed by atoms with van der Waals surface area (Å²) >= 11 is 0. The van der Waals surface area contributed by atoms with E-state index in [-0.39, 0.29) is 17.9 Å². The average Bonchev–Trinajstić information content (AvgIpc) is 2.59. The smallest absolute Gasteiger partial charge is 0.227 e. The summed E-state index contributed by atoms with van der Waals surface area (Å²) in [6, 6.07) is 5.71. The number of nitrogens with one attached hydrogen (secondary N) is 1. The van der Waals surface area contributed by atoms with Gasteiger partial charge in [0.15, 0.2) is 0 Å². The molecule has 4 aliphatic rings. The van der Waals surface area contributed by atoms with Crippen LogP contribution in [0.25, 0.3) is 0 Å². The van der Waals surface area contributed by atoms with E-state index in [0.29, 0.717) is 23.9 Å². The van der Waals surface area contributed by atoms with E-state index in [0.717, 1.165) is 38.0 Å². The standard InChI is InChI=1S/C18H24N2O/c21-18(19-17-12-20-10-8-14(17)9-11-20)16-7-3-5-13-4-1-2-6-15(13)16/h1-2,4,6,14,16-17H,3,5,7-12H2,(H,19,21)/t16-,17+/m0/s1/i1T,3T,5T/t3?,5?,16-,17+. The predicted molar refractivity (Wildman–Crippen MR) is 83.2 cm³/mol. The molecule has 3 nitrogen and oxygen atoms in total. The molecule has 1 aliphatic carbocycles. The van der Waals surface area contributed by atoms with E-state index in [1.54, 1.807) is 12.1 Å². The maximum atomic E-state index is 12.9. The molecular formula is C18H24N2O. The lowest BCUT2D eigenvalue weighted by Crippen LogP contribution is -2.57. The van der Waals surface area contributed by atoms with Gasteiger partial charge in [0.1, 0.15) is 0 Å². The number of hydrogen-bond donors (Lipinski definition) is 1. The van der Waals surface area contributed by atoms with Crippen molar-refractivity contribution in [2.75, 3.05) is 19.6 Å². The highest BCUT2D eigenvalue weighted by Gasteiger charge is 2.36. The van der Waals surface area contributed by atoms with Crippen molar-refractivity contribution in [2.45, 2.75) is 44.0 Å². The molecule has 112 valence electrons. The van der Waals surface area contributed by atoms with Crippen LogP contribution in [-0.2, 0) is 11.2 Å². The summed E-state index contributed by atoms with van der Waals surface area (Å²) in [6.45, 7) is 3.23. The third-order valence-corrected chi connectivity index (χ3v) is 5.28. The Morgan fingerprint density at radius 3 is 2.95 bits per heavy atom. The van der Waals surface area contributed by atoms with Gasteiger partial charge in [-0.3, -0.25) is 4.79 Å². The van der Waals surface area contributed by atoms with Crippen LogP contribution in [0.15, 0.2) is 24.2 Å². The number of fused-ring (bicyclic) bond motifs is 4. The Morgan fingerprint density at radius 1 is 1.33 bits per heavy atom. The molecule has 0 saturated carbocycles. The van der Waals surface area contributed by atoms with Gasteiger partial charge in [0.25, 0.3) is 0 Å². The molecule has 4 atom stereocenters. The molecule has 0 radical (unpaired) electrons. The molecule has 1 aromatic carbocycles. The van der Waals surface area contributed by atoms with Gasteiger partial charge in [0.2, 0.25) is 5.91 Å². The molecule has 1 N–H and O–H groups in total. The monoisotopic (exact) mass is 290 g/mol. The quantitative estimate of drug-likeness (QED) is 0.906. The van der Waals surface area contributed by atoms with Crippen LogP contribution < -0.4 is 5.32 Å². The Kier molecular flexibility index (Phi) is 2.70. The SMILES string of the molecule is [3H]c1ccc2c(c1)C([3H])C([3H])C[C@@H]2C(=O)N[C@@H]1CN2CCC1CC2. The maximum Gasteiger partial charge on any atom is 0.227 e. The zero-order chi connectivity index (χ0) is 16.8. The summed E-state index contributed by atoms with van der Waals surface area (Å²) in [5.74, 6) is 0.213. The van der Waals surface area contributed by atoms with Gasteiger partial charge >= 0.3 is 0 Å². The molecule has 1 amide bonds. The second-order valence-electron chi connectivity index (χ2n) is 6.50. The fraction of sp³-hybridized carbons (Fsp3) is 0.611. The molecule has 1 aromatic rings. The molecule has 3 aliphatic heterocycles. The highest BCUT2D eigenvalue weighted by Crippen LogP contribution is 2.33. The van der Waals surface area contributed by atoms with E-state index in [4.69, 9.17) is 4.11 Å².